The summed E-state index contributed by atoms with van der Waals surface area (Å²) in [6, 6.07) is 1.49. The Balaban J connectivity index is 2.85. The SMILES string of the molecule is CCOCCN(CC)c1cc(C(=O)O)c(N)cn1. The highest BCUT2D eigenvalue weighted by Gasteiger charge is 2.13. The first-order valence-corrected chi connectivity index (χ1v) is 5.91. The van der Waals surface area contributed by atoms with Crippen LogP contribution in [0.15, 0.2) is 12.3 Å². The highest BCUT2D eigenvalue weighted by atomic mass is 16.5. The predicted molar refractivity (Wildman–Crippen MR) is 70.0 cm³/mol. The van der Waals surface area contributed by atoms with Crippen molar-refractivity contribution in [3.63, 3.8) is 0 Å². The first-order valence-electron chi connectivity index (χ1n) is 5.91. The summed E-state index contributed by atoms with van der Waals surface area (Å²) in [4.78, 5) is 17.1. The zero-order valence-corrected chi connectivity index (χ0v) is 10.7. The number of anilines is 2. The van der Waals surface area contributed by atoms with Crippen LogP contribution in [0.5, 0.6) is 0 Å². The summed E-state index contributed by atoms with van der Waals surface area (Å²) >= 11 is 0. The van der Waals surface area contributed by atoms with E-state index in [2.05, 4.69) is 4.98 Å². The first-order chi connectivity index (χ1) is 8.60. The molecule has 0 saturated carbocycles. The van der Waals surface area contributed by atoms with Gasteiger partial charge >= 0.3 is 5.97 Å². The van der Waals surface area contributed by atoms with Crippen LogP contribution in [0.1, 0.15) is 24.2 Å². The average Bonchev–Trinajstić information content (AvgIpc) is 2.35. The van der Waals surface area contributed by atoms with Gasteiger partial charge in [0.1, 0.15) is 5.82 Å². The molecule has 1 aromatic rings. The molecule has 6 nitrogen and oxygen atoms in total. The third-order valence-corrected chi connectivity index (χ3v) is 2.57. The summed E-state index contributed by atoms with van der Waals surface area (Å²) in [6.07, 6.45) is 1.38. The van der Waals surface area contributed by atoms with E-state index >= 15 is 0 Å². The van der Waals surface area contributed by atoms with Gasteiger partial charge in [0.15, 0.2) is 0 Å². The van der Waals surface area contributed by atoms with E-state index in [4.69, 9.17) is 15.6 Å². The van der Waals surface area contributed by atoms with Crippen molar-refractivity contribution in [3.8, 4) is 0 Å². The van der Waals surface area contributed by atoms with Crippen LogP contribution in [0.25, 0.3) is 0 Å². The molecule has 0 aliphatic rings. The van der Waals surface area contributed by atoms with E-state index in [1.165, 1.54) is 12.3 Å². The maximum atomic E-state index is 11.0. The number of nitrogens with zero attached hydrogens (tertiary/aromatic N) is 2. The summed E-state index contributed by atoms with van der Waals surface area (Å²) in [5.41, 5.74) is 5.82. The first kappa shape index (κ1) is 14.2. The van der Waals surface area contributed by atoms with E-state index in [9.17, 15) is 4.79 Å². The monoisotopic (exact) mass is 253 g/mol. The molecule has 1 aromatic heterocycles. The lowest BCUT2D eigenvalue weighted by molar-refractivity contribution is 0.0698. The van der Waals surface area contributed by atoms with Crippen molar-refractivity contribution in [1.82, 2.24) is 4.98 Å². The van der Waals surface area contributed by atoms with Crippen molar-refractivity contribution in [2.45, 2.75) is 13.8 Å². The van der Waals surface area contributed by atoms with Crippen LogP contribution in [0, 0.1) is 0 Å². The van der Waals surface area contributed by atoms with Gasteiger partial charge in [-0.05, 0) is 19.9 Å². The number of ether oxygens (including phenoxy) is 1. The van der Waals surface area contributed by atoms with Crippen LogP contribution in [0.2, 0.25) is 0 Å². The van der Waals surface area contributed by atoms with E-state index in [1.54, 1.807) is 0 Å². The number of nitrogen functional groups attached to an aromatic ring is 1. The molecule has 0 atom stereocenters. The Morgan fingerprint density at radius 2 is 2.28 bits per heavy atom. The van der Waals surface area contributed by atoms with Crippen molar-refractivity contribution < 1.29 is 14.6 Å². The van der Waals surface area contributed by atoms with Gasteiger partial charge in [-0.15, -0.1) is 0 Å². The molecule has 6 heteroatoms. The Morgan fingerprint density at radius 3 is 2.83 bits per heavy atom. The van der Waals surface area contributed by atoms with Gasteiger partial charge in [0.25, 0.3) is 0 Å². The van der Waals surface area contributed by atoms with Gasteiger partial charge in [0.2, 0.25) is 0 Å². The Labute approximate surface area is 106 Å². The Bertz CT molecular complexity index is 410. The molecule has 0 saturated heterocycles. The number of aromatic nitrogens is 1. The average molecular weight is 253 g/mol. The van der Waals surface area contributed by atoms with Crippen LogP contribution in [0.3, 0.4) is 0 Å². The molecule has 0 bridgehead atoms. The molecule has 0 aromatic carbocycles. The molecule has 1 rings (SSSR count). The minimum absolute atomic E-state index is 0.0786. The molecule has 0 amide bonds. The number of carboxylic acid groups (broad SMARTS) is 1. The molecule has 100 valence electrons. The number of aromatic carboxylic acids is 1. The lowest BCUT2D eigenvalue weighted by atomic mass is 10.2. The molecule has 0 spiro atoms. The van der Waals surface area contributed by atoms with Crippen LogP contribution in [-0.4, -0.2) is 42.4 Å². The standard InChI is InChI=1S/C12H19N3O3/c1-3-15(5-6-18-4-2)11-7-9(12(16)17)10(13)8-14-11/h7-8H,3-6,13H2,1-2H3,(H,16,17). The van der Waals surface area contributed by atoms with Gasteiger partial charge in [0, 0.05) is 19.7 Å². The van der Waals surface area contributed by atoms with Crippen LogP contribution in [0.4, 0.5) is 11.5 Å². The fourth-order valence-corrected chi connectivity index (χ4v) is 1.57. The normalized spacial score (nSPS) is 10.3. The van der Waals surface area contributed by atoms with Gasteiger partial charge in [-0.25, -0.2) is 9.78 Å². The van der Waals surface area contributed by atoms with Crippen molar-refractivity contribution >= 4 is 17.5 Å². The van der Waals surface area contributed by atoms with Gasteiger partial charge in [-0.3, -0.25) is 0 Å². The van der Waals surface area contributed by atoms with E-state index in [1.807, 2.05) is 18.7 Å². The van der Waals surface area contributed by atoms with E-state index in [0.717, 1.165) is 6.54 Å². The van der Waals surface area contributed by atoms with Crippen LogP contribution < -0.4 is 10.6 Å². The highest BCUT2D eigenvalue weighted by molar-refractivity contribution is 5.94. The summed E-state index contributed by atoms with van der Waals surface area (Å²) in [6.45, 7) is 6.54. The molecule has 0 fully saturated rings. The summed E-state index contributed by atoms with van der Waals surface area (Å²) in [7, 11) is 0. The van der Waals surface area contributed by atoms with Gasteiger partial charge < -0.3 is 20.5 Å². The molecule has 0 unspecified atom stereocenters. The summed E-state index contributed by atoms with van der Waals surface area (Å²) in [5.74, 6) is -0.444. The minimum Gasteiger partial charge on any atom is -0.478 e. The lowest BCUT2D eigenvalue weighted by Crippen LogP contribution is -2.28. The van der Waals surface area contributed by atoms with Crippen molar-refractivity contribution in [2.75, 3.05) is 36.9 Å². The Hall–Kier alpha value is -1.82. The van der Waals surface area contributed by atoms with Gasteiger partial charge in [-0.1, -0.05) is 0 Å². The number of rotatable bonds is 7. The topological polar surface area (TPSA) is 88.7 Å². The molecular weight excluding hydrogens is 234 g/mol. The lowest BCUT2D eigenvalue weighted by Gasteiger charge is -2.22. The second-order valence-corrected chi connectivity index (χ2v) is 3.71. The second kappa shape index (κ2) is 6.80. The predicted octanol–water partition coefficient (Wildman–Crippen LogP) is 1.22. The maximum absolute atomic E-state index is 11.0. The molecule has 18 heavy (non-hydrogen) atoms. The van der Waals surface area contributed by atoms with E-state index in [-0.39, 0.29) is 11.3 Å². The molecule has 0 aliphatic heterocycles. The van der Waals surface area contributed by atoms with E-state index < -0.39 is 5.97 Å². The molecular formula is C12H19N3O3. The van der Waals surface area contributed by atoms with Gasteiger partial charge in [-0.2, -0.15) is 0 Å². The van der Waals surface area contributed by atoms with Crippen molar-refractivity contribution in [1.29, 1.82) is 0 Å². The van der Waals surface area contributed by atoms with Crippen LogP contribution >= 0.6 is 0 Å². The smallest absolute Gasteiger partial charge is 0.337 e. The second-order valence-electron chi connectivity index (χ2n) is 3.71. The molecule has 0 radical (unpaired) electrons. The Kier molecular flexibility index (Phi) is 5.38. The minimum atomic E-state index is -1.04. The number of carbonyl (C=O) groups is 1. The zero-order valence-electron chi connectivity index (χ0n) is 10.7. The van der Waals surface area contributed by atoms with E-state index in [0.29, 0.717) is 25.6 Å². The zero-order chi connectivity index (χ0) is 13.5. The molecule has 0 aliphatic carbocycles. The fourth-order valence-electron chi connectivity index (χ4n) is 1.57. The number of carboxylic acids is 1. The third-order valence-electron chi connectivity index (χ3n) is 2.57. The number of likely N-dealkylation sites (N-methyl/N-ethyl adjacent to an activating group) is 1. The fraction of sp³-hybridized carbons (Fsp3) is 0.500. The number of hydrogen-bond acceptors (Lipinski definition) is 5. The number of hydrogen-bond donors (Lipinski definition) is 2. The van der Waals surface area contributed by atoms with Crippen molar-refractivity contribution in [2.24, 2.45) is 0 Å². The summed E-state index contributed by atoms with van der Waals surface area (Å²) in [5, 5.41) is 9.01. The quantitative estimate of drug-likeness (QED) is 0.710. The third kappa shape index (κ3) is 3.59. The largest absolute Gasteiger partial charge is 0.478 e. The van der Waals surface area contributed by atoms with Crippen molar-refractivity contribution in [3.05, 3.63) is 17.8 Å². The maximum Gasteiger partial charge on any atom is 0.337 e. The molecule has 1 heterocycles. The Morgan fingerprint density at radius 1 is 1.56 bits per heavy atom. The number of nitrogens with two attached hydrogens (primary N) is 1. The highest BCUT2D eigenvalue weighted by Crippen LogP contribution is 2.18. The summed E-state index contributed by atoms with van der Waals surface area (Å²) < 4.78 is 5.28. The number of pyridine rings is 1. The van der Waals surface area contributed by atoms with Gasteiger partial charge in [0.05, 0.1) is 24.1 Å². The molecule has 3 N–H and O–H groups in total. The van der Waals surface area contributed by atoms with Crippen LogP contribution in [-0.2, 0) is 4.74 Å².